The van der Waals surface area contributed by atoms with Crippen LogP contribution in [0, 0.1) is 5.82 Å². The number of methoxy groups -OCH3 is 1. The monoisotopic (exact) mass is 338 g/mol. The third kappa shape index (κ3) is 1.89. The van der Waals surface area contributed by atoms with Gasteiger partial charge in [-0.2, -0.15) is 0 Å². The van der Waals surface area contributed by atoms with Crippen molar-refractivity contribution in [2.24, 2.45) is 0 Å². The Balaban J connectivity index is 2.27. The molecule has 1 aliphatic heterocycles. The molecule has 1 aliphatic rings. The Morgan fingerprint density at radius 3 is 2.70 bits per heavy atom. The van der Waals surface area contributed by atoms with Gasteiger partial charge >= 0.3 is 0 Å². The second-order valence-corrected chi connectivity index (χ2v) is 5.72. The van der Waals surface area contributed by atoms with Gasteiger partial charge in [-0.3, -0.25) is 0 Å². The second-order valence-electron chi connectivity index (χ2n) is 4.80. The zero-order valence-electron chi connectivity index (χ0n) is 10.9. The number of ether oxygens (including phenoxy) is 2. The van der Waals surface area contributed by atoms with Gasteiger partial charge in [0.2, 0.25) is 0 Å². The number of hydrogen-bond donors (Lipinski definition) is 1. The zero-order chi connectivity index (χ0) is 14.5. The predicted octanol–water partition coefficient (Wildman–Crippen LogP) is 3.96. The Morgan fingerprint density at radius 2 is 2.00 bits per heavy atom. The van der Waals surface area contributed by atoms with Crippen molar-refractivity contribution in [3.05, 3.63) is 51.7 Å². The minimum atomic E-state index is -1.36. The van der Waals surface area contributed by atoms with Gasteiger partial charge in [0, 0.05) is 21.7 Å². The smallest absolute Gasteiger partial charge is 0.169 e. The molecule has 2 aromatic carbocycles. The molecule has 1 atom stereocenters. The molecule has 2 aromatic rings. The lowest BCUT2D eigenvalue weighted by molar-refractivity contribution is 0.0884. The predicted molar refractivity (Wildman–Crippen MR) is 75.8 cm³/mol. The van der Waals surface area contributed by atoms with Gasteiger partial charge in [-0.25, -0.2) is 4.39 Å². The summed E-state index contributed by atoms with van der Waals surface area (Å²) in [7, 11) is 1.45. The molecule has 0 amide bonds. The van der Waals surface area contributed by atoms with Crippen LogP contribution < -0.4 is 9.47 Å². The van der Waals surface area contributed by atoms with Crippen molar-refractivity contribution in [1.29, 1.82) is 0 Å². The molecule has 0 unspecified atom stereocenters. The van der Waals surface area contributed by atoms with Crippen molar-refractivity contribution in [3.63, 3.8) is 0 Å². The quantitative estimate of drug-likeness (QED) is 0.855. The number of benzene rings is 2. The minimum Gasteiger partial charge on any atom is -0.497 e. The fourth-order valence-corrected chi connectivity index (χ4v) is 2.74. The first kappa shape index (κ1) is 13.4. The minimum absolute atomic E-state index is 0.0330. The molecular formula is C15H12BrFO3. The summed E-state index contributed by atoms with van der Waals surface area (Å²) in [6.45, 7) is 1.61. The molecule has 1 heterocycles. The van der Waals surface area contributed by atoms with Crippen molar-refractivity contribution < 1.29 is 19.0 Å². The molecule has 0 saturated heterocycles. The van der Waals surface area contributed by atoms with Crippen LogP contribution in [0.5, 0.6) is 17.2 Å². The van der Waals surface area contributed by atoms with Crippen molar-refractivity contribution in [2.45, 2.75) is 12.5 Å². The van der Waals surface area contributed by atoms with E-state index in [2.05, 4.69) is 15.9 Å². The summed E-state index contributed by atoms with van der Waals surface area (Å²) in [6, 6.07) is 8.05. The van der Waals surface area contributed by atoms with E-state index in [0.717, 1.165) is 4.47 Å². The molecule has 5 heteroatoms. The molecule has 0 fully saturated rings. The SMILES string of the molecule is COc1cc(F)c2c(c1)[C@](C)(O)c1cc(Br)ccc1O2. The standard InChI is InChI=1S/C15H12BrFO3/c1-15(18)10-5-8(16)3-4-13(10)20-14-11(15)6-9(19-2)7-12(14)17/h3-7,18H,1-2H3/t15-/m1/s1. The van der Waals surface area contributed by atoms with Crippen LogP contribution in [0.4, 0.5) is 4.39 Å². The molecule has 20 heavy (non-hydrogen) atoms. The Hall–Kier alpha value is -1.59. The van der Waals surface area contributed by atoms with Crippen molar-refractivity contribution in [2.75, 3.05) is 7.11 Å². The summed E-state index contributed by atoms with van der Waals surface area (Å²) < 4.78 is 25.6. The highest BCUT2D eigenvalue weighted by Crippen LogP contribution is 2.49. The van der Waals surface area contributed by atoms with Crippen LogP contribution in [0.15, 0.2) is 34.8 Å². The Morgan fingerprint density at radius 1 is 1.25 bits per heavy atom. The molecule has 1 N–H and O–H groups in total. The van der Waals surface area contributed by atoms with Crippen molar-refractivity contribution in [1.82, 2.24) is 0 Å². The largest absolute Gasteiger partial charge is 0.497 e. The first-order valence-electron chi connectivity index (χ1n) is 6.01. The van der Waals surface area contributed by atoms with Gasteiger partial charge in [0.15, 0.2) is 11.6 Å². The summed E-state index contributed by atoms with van der Waals surface area (Å²) in [5, 5.41) is 10.8. The van der Waals surface area contributed by atoms with Crippen LogP contribution in [0.3, 0.4) is 0 Å². The summed E-state index contributed by atoms with van der Waals surface area (Å²) in [5.41, 5.74) is -0.436. The van der Waals surface area contributed by atoms with E-state index in [9.17, 15) is 9.50 Å². The summed E-state index contributed by atoms with van der Waals surface area (Å²) in [4.78, 5) is 0. The van der Waals surface area contributed by atoms with E-state index in [0.29, 0.717) is 22.6 Å². The van der Waals surface area contributed by atoms with Crippen LogP contribution in [0.1, 0.15) is 18.1 Å². The Kier molecular flexibility index (Phi) is 2.99. The molecule has 0 aliphatic carbocycles. The third-order valence-corrected chi connectivity index (χ3v) is 3.95. The molecule has 104 valence electrons. The van der Waals surface area contributed by atoms with E-state index < -0.39 is 11.4 Å². The van der Waals surface area contributed by atoms with Gasteiger partial charge in [-0.1, -0.05) is 15.9 Å². The molecule has 0 spiro atoms. The van der Waals surface area contributed by atoms with E-state index in [1.54, 1.807) is 31.2 Å². The lowest BCUT2D eigenvalue weighted by atomic mass is 9.85. The van der Waals surface area contributed by atoms with Crippen LogP contribution in [-0.4, -0.2) is 12.2 Å². The first-order valence-corrected chi connectivity index (χ1v) is 6.81. The van der Waals surface area contributed by atoms with Crippen molar-refractivity contribution in [3.8, 4) is 17.2 Å². The summed E-state index contributed by atoms with van der Waals surface area (Å²) in [5.74, 6) is 0.247. The number of rotatable bonds is 1. The lowest BCUT2D eigenvalue weighted by Crippen LogP contribution is -2.28. The number of fused-ring (bicyclic) bond motifs is 2. The lowest BCUT2D eigenvalue weighted by Gasteiger charge is -2.33. The van der Waals surface area contributed by atoms with Gasteiger partial charge in [0.25, 0.3) is 0 Å². The molecule has 0 radical (unpaired) electrons. The van der Waals surface area contributed by atoms with E-state index in [1.165, 1.54) is 13.2 Å². The van der Waals surface area contributed by atoms with Gasteiger partial charge in [0.1, 0.15) is 17.1 Å². The van der Waals surface area contributed by atoms with Crippen LogP contribution in [-0.2, 0) is 5.60 Å². The van der Waals surface area contributed by atoms with Crippen LogP contribution in [0.2, 0.25) is 0 Å². The molecular weight excluding hydrogens is 327 g/mol. The number of aliphatic hydroxyl groups is 1. The topological polar surface area (TPSA) is 38.7 Å². The van der Waals surface area contributed by atoms with Gasteiger partial charge < -0.3 is 14.6 Å². The maximum atomic E-state index is 14.1. The maximum absolute atomic E-state index is 14.1. The molecule has 0 bridgehead atoms. The highest BCUT2D eigenvalue weighted by atomic mass is 79.9. The molecule has 0 aromatic heterocycles. The number of hydrogen-bond acceptors (Lipinski definition) is 3. The average Bonchev–Trinajstić information content (AvgIpc) is 2.41. The first-order chi connectivity index (χ1) is 9.43. The molecule has 3 nitrogen and oxygen atoms in total. The fourth-order valence-electron chi connectivity index (χ4n) is 2.38. The van der Waals surface area contributed by atoms with Gasteiger partial charge in [0.05, 0.1) is 7.11 Å². The maximum Gasteiger partial charge on any atom is 0.169 e. The average molecular weight is 339 g/mol. The second kappa shape index (κ2) is 4.46. The fraction of sp³-hybridized carbons (Fsp3) is 0.200. The van der Waals surface area contributed by atoms with Crippen LogP contribution >= 0.6 is 15.9 Å². The van der Waals surface area contributed by atoms with Crippen LogP contribution in [0.25, 0.3) is 0 Å². The highest BCUT2D eigenvalue weighted by Gasteiger charge is 2.38. The number of halogens is 2. The normalized spacial score (nSPS) is 19.9. The molecule has 0 saturated carbocycles. The van der Waals surface area contributed by atoms with Gasteiger partial charge in [-0.15, -0.1) is 0 Å². The molecule has 3 rings (SSSR count). The highest BCUT2D eigenvalue weighted by molar-refractivity contribution is 9.10. The zero-order valence-corrected chi connectivity index (χ0v) is 12.5. The summed E-state index contributed by atoms with van der Waals surface area (Å²) >= 11 is 3.36. The van der Waals surface area contributed by atoms with E-state index in [-0.39, 0.29) is 5.75 Å². The van der Waals surface area contributed by atoms with Gasteiger partial charge in [-0.05, 0) is 31.2 Å². The summed E-state index contributed by atoms with van der Waals surface area (Å²) in [6.07, 6.45) is 0. The Labute approximate surface area is 124 Å². The third-order valence-electron chi connectivity index (χ3n) is 3.46. The van der Waals surface area contributed by atoms with E-state index in [4.69, 9.17) is 9.47 Å². The van der Waals surface area contributed by atoms with E-state index in [1.807, 2.05) is 0 Å². The Bertz CT molecular complexity index is 698. The van der Waals surface area contributed by atoms with E-state index >= 15 is 0 Å². The van der Waals surface area contributed by atoms with Crippen molar-refractivity contribution >= 4 is 15.9 Å².